The highest BCUT2D eigenvalue weighted by Gasteiger charge is 2.16. The second kappa shape index (κ2) is 8.79. The number of fused-ring (bicyclic) bond motifs is 1. The molecule has 5 heteroatoms. The molecule has 1 heterocycles. The molecule has 0 amide bonds. The van der Waals surface area contributed by atoms with E-state index in [0.717, 1.165) is 27.9 Å². The van der Waals surface area contributed by atoms with Crippen molar-refractivity contribution in [1.29, 1.82) is 0 Å². The molecule has 0 aliphatic rings. The van der Waals surface area contributed by atoms with Crippen LogP contribution in [0.2, 0.25) is 0 Å². The summed E-state index contributed by atoms with van der Waals surface area (Å²) >= 11 is 0. The molecule has 4 aromatic carbocycles. The van der Waals surface area contributed by atoms with Crippen molar-refractivity contribution in [3.05, 3.63) is 114 Å². The molecule has 5 rings (SSSR count). The maximum atomic E-state index is 13.4. The smallest absolute Gasteiger partial charge is 0.145 e. The lowest BCUT2D eigenvalue weighted by Gasteiger charge is -2.11. The predicted octanol–water partition coefficient (Wildman–Crippen LogP) is 6.48. The Morgan fingerprint density at radius 2 is 1.61 bits per heavy atom. The number of aromatic hydroxyl groups is 1. The van der Waals surface area contributed by atoms with Crippen molar-refractivity contribution in [3.63, 3.8) is 0 Å². The van der Waals surface area contributed by atoms with Gasteiger partial charge in [-0.1, -0.05) is 54.1 Å². The summed E-state index contributed by atoms with van der Waals surface area (Å²) in [5.41, 5.74) is 5.54. The number of aryl methyl sites for hydroxylation is 1. The van der Waals surface area contributed by atoms with Crippen LogP contribution in [0.4, 0.5) is 4.39 Å². The average molecular weight is 439 g/mol. The maximum Gasteiger partial charge on any atom is 0.145 e. The number of benzene rings is 4. The van der Waals surface area contributed by atoms with Crippen LogP contribution in [0, 0.1) is 12.7 Å². The number of aromatic nitrogens is 2. The van der Waals surface area contributed by atoms with Crippen molar-refractivity contribution in [2.75, 3.05) is 0 Å². The molecule has 1 aromatic heterocycles. The minimum Gasteiger partial charge on any atom is -0.507 e. The van der Waals surface area contributed by atoms with E-state index in [1.165, 1.54) is 17.7 Å². The molecule has 0 saturated carbocycles. The van der Waals surface area contributed by atoms with E-state index in [-0.39, 0.29) is 11.6 Å². The van der Waals surface area contributed by atoms with Crippen LogP contribution in [-0.4, -0.2) is 14.7 Å². The highest BCUT2D eigenvalue weighted by molar-refractivity contribution is 5.83. The van der Waals surface area contributed by atoms with Gasteiger partial charge in [0, 0.05) is 12.6 Å². The molecule has 0 aliphatic heterocycles. The third-order valence-electron chi connectivity index (χ3n) is 5.64. The number of ether oxygens (including phenoxy) is 1. The lowest BCUT2D eigenvalue weighted by molar-refractivity contribution is 0.306. The number of halogens is 1. The van der Waals surface area contributed by atoms with Crippen LogP contribution in [0.5, 0.6) is 11.5 Å². The number of imidazole rings is 1. The van der Waals surface area contributed by atoms with Gasteiger partial charge in [-0.05, 0) is 54.4 Å². The molecule has 5 aromatic rings. The third-order valence-corrected chi connectivity index (χ3v) is 5.64. The molecular formula is C28H23FN2O2. The second-order valence-corrected chi connectivity index (χ2v) is 8.09. The van der Waals surface area contributed by atoms with Crippen LogP contribution in [0.25, 0.3) is 22.4 Å². The van der Waals surface area contributed by atoms with Gasteiger partial charge in [0.05, 0.1) is 16.6 Å². The van der Waals surface area contributed by atoms with Crippen molar-refractivity contribution < 1.29 is 14.2 Å². The van der Waals surface area contributed by atoms with Crippen molar-refractivity contribution >= 4 is 11.0 Å². The number of rotatable bonds is 6. The van der Waals surface area contributed by atoms with Gasteiger partial charge in [0.2, 0.25) is 0 Å². The Morgan fingerprint density at radius 3 is 2.36 bits per heavy atom. The summed E-state index contributed by atoms with van der Waals surface area (Å²) in [7, 11) is 0. The molecule has 0 bridgehead atoms. The number of para-hydroxylation sites is 1. The van der Waals surface area contributed by atoms with Crippen LogP contribution in [-0.2, 0) is 13.2 Å². The zero-order valence-corrected chi connectivity index (χ0v) is 18.2. The van der Waals surface area contributed by atoms with Gasteiger partial charge in [-0.25, -0.2) is 9.37 Å². The third kappa shape index (κ3) is 4.44. The SMILES string of the molecule is Cc1ccc(COc2ccc3c(c2)nc(-c2ccccc2O)n3Cc2ccc(F)cc2)cc1. The van der Waals surface area contributed by atoms with E-state index in [1.807, 2.05) is 34.9 Å². The van der Waals surface area contributed by atoms with Crippen molar-refractivity contribution in [3.8, 4) is 22.9 Å². The van der Waals surface area contributed by atoms with Gasteiger partial charge in [0.25, 0.3) is 0 Å². The maximum absolute atomic E-state index is 13.4. The number of hydrogen-bond donors (Lipinski definition) is 1. The molecule has 1 N–H and O–H groups in total. The minimum absolute atomic E-state index is 0.156. The fourth-order valence-electron chi connectivity index (χ4n) is 3.85. The van der Waals surface area contributed by atoms with Crippen LogP contribution < -0.4 is 4.74 Å². The molecule has 164 valence electrons. The number of phenols is 1. The van der Waals surface area contributed by atoms with E-state index < -0.39 is 0 Å². The Labute approximate surface area is 191 Å². The fraction of sp³-hybridized carbons (Fsp3) is 0.107. The zero-order chi connectivity index (χ0) is 22.8. The summed E-state index contributed by atoms with van der Waals surface area (Å²) in [6, 6.07) is 27.6. The van der Waals surface area contributed by atoms with E-state index in [0.29, 0.717) is 24.5 Å². The molecule has 33 heavy (non-hydrogen) atoms. The van der Waals surface area contributed by atoms with Gasteiger partial charge in [-0.15, -0.1) is 0 Å². The van der Waals surface area contributed by atoms with Gasteiger partial charge >= 0.3 is 0 Å². The summed E-state index contributed by atoms with van der Waals surface area (Å²) in [5.74, 6) is 1.25. The van der Waals surface area contributed by atoms with Crippen molar-refractivity contribution in [2.24, 2.45) is 0 Å². The second-order valence-electron chi connectivity index (χ2n) is 8.09. The first-order valence-corrected chi connectivity index (χ1v) is 10.8. The monoisotopic (exact) mass is 438 g/mol. The highest BCUT2D eigenvalue weighted by atomic mass is 19.1. The quantitative estimate of drug-likeness (QED) is 0.330. The average Bonchev–Trinajstić information content (AvgIpc) is 3.17. The van der Waals surface area contributed by atoms with Gasteiger partial charge < -0.3 is 14.4 Å². The first kappa shape index (κ1) is 20.8. The first-order chi connectivity index (χ1) is 16.1. The summed E-state index contributed by atoms with van der Waals surface area (Å²) in [5, 5.41) is 10.5. The highest BCUT2D eigenvalue weighted by Crippen LogP contribution is 2.33. The largest absolute Gasteiger partial charge is 0.507 e. The molecule has 0 radical (unpaired) electrons. The molecule has 0 fully saturated rings. The van der Waals surface area contributed by atoms with Crippen LogP contribution >= 0.6 is 0 Å². The molecule has 0 unspecified atom stereocenters. The fourth-order valence-corrected chi connectivity index (χ4v) is 3.85. The van der Waals surface area contributed by atoms with E-state index in [4.69, 9.17) is 9.72 Å². The lowest BCUT2D eigenvalue weighted by Crippen LogP contribution is -2.02. The summed E-state index contributed by atoms with van der Waals surface area (Å²) < 4.78 is 21.4. The molecule has 0 spiro atoms. The van der Waals surface area contributed by atoms with Gasteiger partial charge in [-0.3, -0.25) is 0 Å². The minimum atomic E-state index is -0.273. The summed E-state index contributed by atoms with van der Waals surface area (Å²) in [6.07, 6.45) is 0. The number of nitrogens with zero attached hydrogens (tertiary/aromatic N) is 2. The van der Waals surface area contributed by atoms with E-state index in [9.17, 15) is 9.50 Å². The Hall–Kier alpha value is -4.12. The van der Waals surface area contributed by atoms with Crippen LogP contribution in [0.15, 0.2) is 91.0 Å². The Balaban J connectivity index is 1.52. The number of hydrogen-bond acceptors (Lipinski definition) is 3. The Bertz CT molecular complexity index is 1410. The topological polar surface area (TPSA) is 47.3 Å². The standard InChI is InChI=1S/C28H23FN2O2/c1-19-6-8-21(9-7-19)18-33-23-14-15-26-25(16-23)30-28(24-4-2-3-5-27(24)32)31(26)17-20-10-12-22(29)13-11-20/h2-16,32H,17-18H2,1H3. The van der Waals surface area contributed by atoms with Gasteiger partial charge in [0.15, 0.2) is 0 Å². The zero-order valence-electron chi connectivity index (χ0n) is 18.2. The van der Waals surface area contributed by atoms with Crippen LogP contribution in [0.3, 0.4) is 0 Å². The van der Waals surface area contributed by atoms with E-state index in [1.54, 1.807) is 24.3 Å². The van der Waals surface area contributed by atoms with Gasteiger partial charge in [0.1, 0.15) is 29.7 Å². The van der Waals surface area contributed by atoms with Crippen molar-refractivity contribution in [1.82, 2.24) is 9.55 Å². The van der Waals surface area contributed by atoms with Crippen LogP contribution in [0.1, 0.15) is 16.7 Å². The molecule has 4 nitrogen and oxygen atoms in total. The molecule has 0 saturated heterocycles. The normalized spacial score (nSPS) is 11.1. The van der Waals surface area contributed by atoms with Crippen molar-refractivity contribution in [2.45, 2.75) is 20.1 Å². The van der Waals surface area contributed by atoms with E-state index in [2.05, 4.69) is 31.2 Å². The molecular weight excluding hydrogens is 415 g/mol. The molecule has 0 atom stereocenters. The van der Waals surface area contributed by atoms with Gasteiger partial charge in [-0.2, -0.15) is 0 Å². The first-order valence-electron chi connectivity index (χ1n) is 10.8. The summed E-state index contributed by atoms with van der Waals surface area (Å²) in [6.45, 7) is 3.02. The summed E-state index contributed by atoms with van der Waals surface area (Å²) in [4.78, 5) is 4.83. The predicted molar refractivity (Wildman–Crippen MR) is 128 cm³/mol. The Morgan fingerprint density at radius 1 is 0.879 bits per heavy atom. The molecule has 0 aliphatic carbocycles. The number of phenolic OH excluding ortho intramolecular Hbond substituents is 1. The Kier molecular flexibility index (Phi) is 5.53. The van der Waals surface area contributed by atoms with E-state index >= 15 is 0 Å². The lowest BCUT2D eigenvalue weighted by atomic mass is 10.1.